The zero-order valence-electron chi connectivity index (χ0n) is 9.75. The van der Waals surface area contributed by atoms with Crippen molar-refractivity contribution in [3.05, 3.63) is 29.6 Å². The van der Waals surface area contributed by atoms with Crippen molar-refractivity contribution in [3.63, 3.8) is 0 Å². The maximum Gasteiger partial charge on any atom is 0.228 e. The summed E-state index contributed by atoms with van der Waals surface area (Å²) in [6, 6.07) is 4.26. The van der Waals surface area contributed by atoms with Crippen LogP contribution < -0.4 is 11.1 Å². The van der Waals surface area contributed by atoms with Crippen LogP contribution in [0.25, 0.3) is 0 Å². The first kappa shape index (κ1) is 12.6. The zero-order chi connectivity index (χ0) is 12.3. The third-order valence-corrected chi connectivity index (χ3v) is 2.63. The molecule has 0 saturated heterocycles. The number of halogens is 1. The van der Waals surface area contributed by atoms with Crippen LogP contribution in [0.1, 0.15) is 19.4 Å². The van der Waals surface area contributed by atoms with E-state index in [9.17, 15) is 9.18 Å². The van der Waals surface area contributed by atoms with E-state index in [4.69, 9.17) is 5.73 Å². The highest BCUT2D eigenvalue weighted by atomic mass is 19.1. The third-order valence-electron chi connectivity index (χ3n) is 2.63. The Morgan fingerprint density at radius 3 is 2.56 bits per heavy atom. The van der Waals surface area contributed by atoms with Crippen LogP contribution in [-0.2, 0) is 4.79 Å². The summed E-state index contributed by atoms with van der Waals surface area (Å²) in [6.07, 6.45) is 0. The lowest BCUT2D eigenvalue weighted by Crippen LogP contribution is -2.34. The van der Waals surface area contributed by atoms with Crippen molar-refractivity contribution in [1.82, 2.24) is 0 Å². The number of benzene rings is 1. The van der Waals surface area contributed by atoms with Crippen LogP contribution in [0.5, 0.6) is 0 Å². The van der Waals surface area contributed by atoms with Gasteiger partial charge < -0.3 is 11.1 Å². The number of nitrogens with two attached hydrogens (primary N) is 1. The van der Waals surface area contributed by atoms with E-state index in [1.807, 2.05) is 0 Å². The van der Waals surface area contributed by atoms with Gasteiger partial charge in [-0.3, -0.25) is 4.79 Å². The second kappa shape index (κ2) is 5.07. The van der Waals surface area contributed by atoms with Crippen molar-refractivity contribution in [1.29, 1.82) is 0 Å². The molecule has 2 unspecified atom stereocenters. The van der Waals surface area contributed by atoms with Crippen molar-refractivity contribution in [2.45, 2.75) is 26.8 Å². The lowest BCUT2D eigenvalue weighted by atomic mass is 10.0. The SMILES string of the molecule is Cc1cc(NC(=O)C(C)C(C)N)ccc1F. The molecule has 0 aliphatic heterocycles. The van der Waals surface area contributed by atoms with Crippen LogP contribution >= 0.6 is 0 Å². The van der Waals surface area contributed by atoms with Crippen molar-refractivity contribution in [3.8, 4) is 0 Å². The number of aryl methyl sites for hydroxylation is 1. The molecule has 0 saturated carbocycles. The van der Waals surface area contributed by atoms with E-state index < -0.39 is 0 Å². The Morgan fingerprint density at radius 2 is 2.06 bits per heavy atom. The van der Waals surface area contributed by atoms with E-state index in [2.05, 4.69) is 5.32 Å². The Kier molecular flexibility index (Phi) is 4.01. The molecule has 4 heteroatoms. The van der Waals surface area contributed by atoms with Crippen LogP contribution in [0.4, 0.5) is 10.1 Å². The molecule has 0 radical (unpaired) electrons. The van der Waals surface area contributed by atoms with Crippen LogP contribution in [0.2, 0.25) is 0 Å². The average molecular weight is 224 g/mol. The van der Waals surface area contributed by atoms with Crippen LogP contribution in [0.15, 0.2) is 18.2 Å². The number of hydrogen-bond donors (Lipinski definition) is 2. The molecule has 1 amide bonds. The molecule has 1 aromatic rings. The Bertz CT molecular complexity index is 391. The highest BCUT2D eigenvalue weighted by molar-refractivity contribution is 5.92. The highest BCUT2D eigenvalue weighted by Gasteiger charge is 2.17. The number of carbonyl (C=O) groups excluding carboxylic acids is 1. The molecule has 3 nitrogen and oxygen atoms in total. The first-order valence-corrected chi connectivity index (χ1v) is 5.24. The Morgan fingerprint density at radius 1 is 1.44 bits per heavy atom. The fourth-order valence-electron chi connectivity index (χ4n) is 1.22. The van der Waals surface area contributed by atoms with Gasteiger partial charge in [-0.05, 0) is 37.6 Å². The molecule has 3 N–H and O–H groups in total. The van der Waals surface area contributed by atoms with Gasteiger partial charge in [0.15, 0.2) is 0 Å². The molecule has 0 aromatic heterocycles. The van der Waals surface area contributed by atoms with Gasteiger partial charge in [0.1, 0.15) is 5.82 Å². The lowest BCUT2D eigenvalue weighted by Gasteiger charge is -2.15. The first-order valence-electron chi connectivity index (χ1n) is 5.24. The number of anilines is 1. The van der Waals surface area contributed by atoms with Gasteiger partial charge in [0.25, 0.3) is 0 Å². The summed E-state index contributed by atoms with van der Waals surface area (Å²) in [6.45, 7) is 5.19. The maximum absolute atomic E-state index is 13.0. The molecular formula is C12H17FN2O. The van der Waals surface area contributed by atoms with Crippen molar-refractivity contribution in [2.75, 3.05) is 5.32 Å². The van der Waals surface area contributed by atoms with Crippen molar-refractivity contribution < 1.29 is 9.18 Å². The molecule has 0 bridgehead atoms. The first-order chi connectivity index (χ1) is 7.41. The van der Waals surface area contributed by atoms with E-state index in [0.717, 1.165) is 0 Å². The highest BCUT2D eigenvalue weighted by Crippen LogP contribution is 2.15. The van der Waals surface area contributed by atoms with E-state index in [0.29, 0.717) is 11.3 Å². The predicted octanol–water partition coefficient (Wildman–Crippen LogP) is 2.06. The lowest BCUT2D eigenvalue weighted by molar-refractivity contribution is -0.119. The summed E-state index contributed by atoms with van der Waals surface area (Å²) in [5.41, 5.74) is 6.72. The quantitative estimate of drug-likeness (QED) is 0.825. The van der Waals surface area contributed by atoms with E-state index in [1.54, 1.807) is 26.8 Å². The molecule has 88 valence electrons. The maximum atomic E-state index is 13.0. The Balaban J connectivity index is 2.74. The van der Waals surface area contributed by atoms with Gasteiger partial charge >= 0.3 is 0 Å². The second-order valence-corrected chi connectivity index (χ2v) is 4.10. The monoisotopic (exact) mass is 224 g/mol. The zero-order valence-corrected chi connectivity index (χ0v) is 9.75. The van der Waals surface area contributed by atoms with E-state index >= 15 is 0 Å². The van der Waals surface area contributed by atoms with Crippen LogP contribution in [0.3, 0.4) is 0 Å². The minimum atomic E-state index is -0.279. The largest absolute Gasteiger partial charge is 0.327 e. The molecule has 0 aliphatic rings. The number of nitrogens with one attached hydrogen (secondary N) is 1. The standard InChI is InChI=1S/C12H17FN2O/c1-7-6-10(4-5-11(7)13)15-12(16)8(2)9(3)14/h4-6,8-9H,14H2,1-3H3,(H,15,16). The second-order valence-electron chi connectivity index (χ2n) is 4.10. The summed E-state index contributed by atoms with van der Waals surface area (Å²) in [5.74, 6) is -0.704. The molecule has 1 aromatic carbocycles. The summed E-state index contributed by atoms with van der Waals surface area (Å²) < 4.78 is 13.0. The van der Waals surface area contributed by atoms with Gasteiger partial charge in [0, 0.05) is 11.7 Å². The summed E-state index contributed by atoms with van der Waals surface area (Å²) >= 11 is 0. The van der Waals surface area contributed by atoms with Crippen molar-refractivity contribution >= 4 is 11.6 Å². The number of hydrogen-bond acceptors (Lipinski definition) is 2. The number of rotatable bonds is 3. The van der Waals surface area contributed by atoms with E-state index in [-0.39, 0.29) is 23.7 Å². The van der Waals surface area contributed by atoms with Gasteiger partial charge in [-0.1, -0.05) is 6.92 Å². The van der Waals surface area contributed by atoms with Gasteiger partial charge in [-0.25, -0.2) is 4.39 Å². The summed E-state index contributed by atoms with van der Waals surface area (Å²) in [4.78, 5) is 11.7. The molecule has 0 spiro atoms. The van der Waals surface area contributed by atoms with Gasteiger partial charge in [-0.15, -0.1) is 0 Å². The van der Waals surface area contributed by atoms with Crippen molar-refractivity contribution in [2.24, 2.45) is 11.7 Å². The molecule has 0 heterocycles. The third kappa shape index (κ3) is 3.03. The number of carbonyl (C=O) groups is 1. The fraction of sp³-hybridized carbons (Fsp3) is 0.417. The smallest absolute Gasteiger partial charge is 0.228 e. The predicted molar refractivity (Wildman–Crippen MR) is 62.6 cm³/mol. The van der Waals surface area contributed by atoms with Gasteiger partial charge in [0.05, 0.1) is 5.92 Å². The summed E-state index contributed by atoms with van der Waals surface area (Å²) in [7, 11) is 0. The molecule has 2 atom stereocenters. The normalized spacial score (nSPS) is 14.3. The fourth-order valence-corrected chi connectivity index (χ4v) is 1.22. The average Bonchev–Trinajstić information content (AvgIpc) is 2.22. The Labute approximate surface area is 94.8 Å². The molecular weight excluding hydrogens is 207 g/mol. The minimum Gasteiger partial charge on any atom is -0.327 e. The molecule has 1 rings (SSSR count). The topological polar surface area (TPSA) is 55.1 Å². The number of amides is 1. The Hall–Kier alpha value is -1.42. The van der Waals surface area contributed by atoms with Gasteiger partial charge in [0.2, 0.25) is 5.91 Å². The summed E-state index contributed by atoms with van der Waals surface area (Å²) in [5, 5.41) is 2.71. The van der Waals surface area contributed by atoms with Crippen LogP contribution in [-0.4, -0.2) is 11.9 Å². The van der Waals surface area contributed by atoms with Crippen LogP contribution in [0, 0.1) is 18.7 Å². The van der Waals surface area contributed by atoms with Gasteiger partial charge in [-0.2, -0.15) is 0 Å². The molecule has 0 aliphatic carbocycles. The molecule has 0 fully saturated rings. The molecule has 16 heavy (non-hydrogen) atoms. The van der Waals surface area contributed by atoms with E-state index in [1.165, 1.54) is 12.1 Å². The minimum absolute atomic E-state index is 0.152.